The van der Waals surface area contributed by atoms with Gasteiger partial charge in [0.15, 0.2) is 5.82 Å². The molecule has 0 aliphatic heterocycles. The maximum Gasteiger partial charge on any atom is 0.341 e. The van der Waals surface area contributed by atoms with Crippen molar-refractivity contribution < 1.29 is 14.3 Å². The second-order valence-electron chi connectivity index (χ2n) is 6.11. The van der Waals surface area contributed by atoms with Gasteiger partial charge < -0.3 is 10.1 Å². The molecular formula is C18H19N5O3S. The molecule has 0 radical (unpaired) electrons. The number of carbonyl (C=O) groups is 2. The fourth-order valence-electron chi connectivity index (χ4n) is 2.69. The molecule has 0 spiro atoms. The van der Waals surface area contributed by atoms with Crippen molar-refractivity contribution in [2.75, 3.05) is 12.4 Å². The van der Waals surface area contributed by atoms with Gasteiger partial charge in [-0.2, -0.15) is 0 Å². The first-order valence-electron chi connectivity index (χ1n) is 8.19. The van der Waals surface area contributed by atoms with Crippen LogP contribution in [0.2, 0.25) is 0 Å². The number of benzene rings is 1. The van der Waals surface area contributed by atoms with Crippen molar-refractivity contribution >= 4 is 28.2 Å². The molecule has 0 saturated carbocycles. The minimum absolute atomic E-state index is 0.000812. The lowest BCUT2D eigenvalue weighted by Crippen LogP contribution is -2.18. The molecule has 1 aromatic carbocycles. The van der Waals surface area contributed by atoms with Gasteiger partial charge in [0.2, 0.25) is 5.91 Å². The number of rotatable bonds is 5. The van der Waals surface area contributed by atoms with Crippen LogP contribution in [0.3, 0.4) is 0 Å². The lowest BCUT2D eigenvalue weighted by atomic mass is 9.97. The molecule has 2 aromatic heterocycles. The van der Waals surface area contributed by atoms with Crippen LogP contribution in [0.4, 0.5) is 5.00 Å². The molecule has 1 amide bonds. The van der Waals surface area contributed by atoms with Gasteiger partial charge in [0.25, 0.3) is 0 Å². The molecule has 3 rings (SSSR count). The second kappa shape index (κ2) is 7.67. The topological polar surface area (TPSA) is 99.0 Å². The van der Waals surface area contributed by atoms with E-state index in [1.54, 1.807) is 7.05 Å². The van der Waals surface area contributed by atoms with E-state index in [1.165, 1.54) is 23.1 Å². The summed E-state index contributed by atoms with van der Waals surface area (Å²) in [6, 6.07) is 6.03. The summed E-state index contributed by atoms with van der Waals surface area (Å²) in [5, 5.41) is 16.1. The maximum atomic E-state index is 12.4. The summed E-state index contributed by atoms with van der Waals surface area (Å²) < 4.78 is 6.38. The molecule has 0 bridgehead atoms. The van der Waals surface area contributed by atoms with Gasteiger partial charge >= 0.3 is 5.97 Å². The number of nitrogens with zero attached hydrogens (tertiary/aromatic N) is 4. The van der Waals surface area contributed by atoms with Crippen LogP contribution in [-0.2, 0) is 23.0 Å². The van der Waals surface area contributed by atoms with Gasteiger partial charge in [-0.25, -0.2) is 9.48 Å². The highest BCUT2D eigenvalue weighted by molar-refractivity contribution is 7.15. The number of hydrogen-bond acceptors (Lipinski definition) is 7. The molecule has 9 heteroatoms. The summed E-state index contributed by atoms with van der Waals surface area (Å²) in [6.07, 6.45) is 0.000812. The van der Waals surface area contributed by atoms with E-state index >= 15 is 0 Å². The maximum absolute atomic E-state index is 12.4. The number of methoxy groups -OCH3 is 1. The summed E-state index contributed by atoms with van der Waals surface area (Å²) >= 11 is 1.28. The minimum atomic E-state index is -0.497. The highest BCUT2D eigenvalue weighted by Gasteiger charge is 2.23. The Kier molecular flexibility index (Phi) is 5.31. The Labute approximate surface area is 160 Å². The van der Waals surface area contributed by atoms with E-state index in [0.717, 1.165) is 22.3 Å². The van der Waals surface area contributed by atoms with Crippen molar-refractivity contribution in [3.05, 3.63) is 46.1 Å². The number of hydrogen-bond donors (Lipinski definition) is 1. The zero-order valence-corrected chi connectivity index (χ0v) is 16.3. The number of nitrogens with one attached hydrogen (secondary N) is 1. The third kappa shape index (κ3) is 3.87. The SMILES string of the molecule is COC(=O)c1c(-c2cc(C)ccc2C)csc1NC(=O)Cc1nnnn1C. The molecule has 0 fully saturated rings. The van der Waals surface area contributed by atoms with Crippen molar-refractivity contribution in [1.29, 1.82) is 0 Å². The van der Waals surface area contributed by atoms with E-state index in [-0.39, 0.29) is 12.3 Å². The van der Waals surface area contributed by atoms with Crippen molar-refractivity contribution in [2.24, 2.45) is 7.05 Å². The van der Waals surface area contributed by atoms with Gasteiger partial charge in [-0.1, -0.05) is 23.8 Å². The van der Waals surface area contributed by atoms with Crippen LogP contribution in [0.5, 0.6) is 0 Å². The number of ether oxygens (including phenoxy) is 1. The Morgan fingerprint density at radius 2 is 2.04 bits per heavy atom. The van der Waals surface area contributed by atoms with Gasteiger partial charge in [0.1, 0.15) is 10.6 Å². The van der Waals surface area contributed by atoms with E-state index in [1.807, 2.05) is 37.4 Å². The summed E-state index contributed by atoms with van der Waals surface area (Å²) in [4.78, 5) is 24.8. The third-order valence-electron chi connectivity index (χ3n) is 4.14. The number of esters is 1. The third-order valence-corrected chi connectivity index (χ3v) is 5.04. The number of carbonyl (C=O) groups excluding carboxylic acids is 2. The summed E-state index contributed by atoms with van der Waals surface area (Å²) in [5.41, 5.74) is 4.14. The van der Waals surface area contributed by atoms with Crippen LogP contribution >= 0.6 is 11.3 Å². The molecule has 140 valence electrons. The van der Waals surface area contributed by atoms with E-state index in [4.69, 9.17) is 4.74 Å². The Morgan fingerprint density at radius 1 is 1.26 bits per heavy atom. The zero-order valence-electron chi connectivity index (χ0n) is 15.4. The fraction of sp³-hybridized carbons (Fsp3) is 0.278. The van der Waals surface area contributed by atoms with Crippen LogP contribution in [-0.4, -0.2) is 39.2 Å². The van der Waals surface area contributed by atoms with E-state index in [9.17, 15) is 9.59 Å². The van der Waals surface area contributed by atoms with E-state index < -0.39 is 5.97 Å². The van der Waals surface area contributed by atoms with Gasteiger partial charge in [-0.05, 0) is 35.4 Å². The summed E-state index contributed by atoms with van der Waals surface area (Å²) in [6.45, 7) is 3.97. The molecule has 0 unspecified atom stereocenters. The first kappa shape index (κ1) is 18.7. The van der Waals surface area contributed by atoms with E-state index in [0.29, 0.717) is 16.4 Å². The zero-order chi connectivity index (χ0) is 19.6. The second-order valence-corrected chi connectivity index (χ2v) is 6.99. The molecule has 0 saturated heterocycles. The molecule has 2 heterocycles. The Morgan fingerprint density at radius 3 is 2.70 bits per heavy atom. The number of aryl methyl sites for hydroxylation is 3. The molecular weight excluding hydrogens is 366 g/mol. The predicted octanol–water partition coefficient (Wildman–Crippen LogP) is 2.52. The van der Waals surface area contributed by atoms with Crippen molar-refractivity contribution in [3.63, 3.8) is 0 Å². The highest BCUT2D eigenvalue weighted by Crippen LogP contribution is 2.38. The van der Waals surface area contributed by atoms with Crippen LogP contribution in [0.15, 0.2) is 23.6 Å². The average molecular weight is 385 g/mol. The molecule has 3 aromatic rings. The lowest BCUT2D eigenvalue weighted by Gasteiger charge is -2.10. The monoisotopic (exact) mass is 385 g/mol. The number of thiophene rings is 1. The first-order valence-corrected chi connectivity index (χ1v) is 9.07. The highest BCUT2D eigenvalue weighted by atomic mass is 32.1. The Balaban J connectivity index is 1.95. The number of amides is 1. The normalized spacial score (nSPS) is 10.7. The molecule has 0 atom stereocenters. The van der Waals surface area contributed by atoms with Gasteiger partial charge in [-0.15, -0.1) is 16.4 Å². The minimum Gasteiger partial charge on any atom is -0.465 e. The standard InChI is InChI=1S/C18H19N5O3S/c1-10-5-6-11(2)12(7-10)13-9-27-17(16(13)18(25)26-4)19-15(24)8-14-20-21-22-23(14)3/h5-7,9H,8H2,1-4H3,(H,19,24). The molecule has 8 nitrogen and oxygen atoms in total. The van der Waals surface area contributed by atoms with E-state index in [2.05, 4.69) is 20.8 Å². The number of aromatic nitrogens is 4. The van der Waals surface area contributed by atoms with Crippen molar-refractivity contribution in [2.45, 2.75) is 20.3 Å². The summed E-state index contributed by atoms with van der Waals surface area (Å²) in [5.74, 6) is -0.381. The molecule has 0 aliphatic carbocycles. The average Bonchev–Trinajstić information content (AvgIpc) is 3.23. The quantitative estimate of drug-likeness (QED) is 0.678. The first-order chi connectivity index (χ1) is 12.9. The number of anilines is 1. The van der Waals surface area contributed by atoms with Crippen LogP contribution in [0, 0.1) is 13.8 Å². The fourth-order valence-corrected chi connectivity index (χ4v) is 3.66. The lowest BCUT2D eigenvalue weighted by molar-refractivity contribution is -0.115. The smallest absolute Gasteiger partial charge is 0.341 e. The largest absolute Gasteiger partial charge is 0.465 e. The van der Waals surface area contributed by atoms with Crippen LogP contribution in [0.1, 0.15) is 27.3 Å². The number of tetrazole rings is 1. The van der Waals surface area contributed by atoms with Crippen molar-refractivity contribution in [1.82, 2.24) is 20.2 Å². The molecule has 0 aliphatic rings. The van der Waals surface area contributed by atoms with Gasteiger partial charge in [0.05, 0.1) is 13.5 Å². The van der Waals surface area contributed by atoms with Gasteiger partial charge in [0, 0.05) is 18.0 Å². The molecule has 1 N–H and O–H groups in total. The van der Waals surface area contributed by atoms with Crippen LogP contribution in [0.25, 0.3) is 11.1 Å². The van der Waals surface area contributed by atoms with Crippen LogP contribution < -0.4 is 5.32 Å². The predicted molar refractivity (Wildman–Crippen MR) is 102 cm³/mol. The Hall–Kier alpha value is -3.07. The van der Waals surface area contributed by atoms with Crippen molar-refractivity contribution in [3.8, 4) is 11.1 Å². The Bertz CT molecular complexity index is 1010. The van der Waals surface area contributed by atoms with Gasteiger partial charge in [-0.3, -0.25) is 4.79 Å². The molecule has 27 heavy (non-hydrogen) atoms. The summed E-state index contributed by atoms with van der Waals surface area (Å²) in [7, 11) is 2.98.